The molecule has 27 heavy (non-hydrogen) atoms. The van der Waals surface area contributed by atoms with Crippen LogP contribution in [0.3, 0.4) is 0 Å². The predicted octanol–water partition coefficient (Wildman–Crippen LogP) is 4.51. The van der Waals surface area contributed by atoms with Crippen LogP contribution < -0.4 is 10.1 Å². The fraction of sp³-hybridized carbons (Fsp3) is 0.409. The fourth-order valence-electron chi connectivity index (χ4n) is 3.37. The molecule has 0 saturated carbocycles. The number of aryl methyl sites for hydroxylation is 1. The third-order valence-electron chi connectivity index (χ3n) is 4.81. The van der Waals surface area contributed by atoms with Crippen LogP contribution >= 0.6 is 0 Å². The van der Waals surface area contributed by atoms with Gasteiger partial charge in [-0.15, -0.1) is 0 Å². The van der Waals surface area contributed by atoms with E-state index in [0.717, 1.165) is 29.1 Å². The van der Waals surface area contributed by atoms with Crippen molar-refractivity contribution in [2.24, 2.45) is 0 Å². The van der Waals surface area contributed by atoms with Gasteiger partial charge in [-0.25, -0.2) is 4.79 Å². The molecule has 0 fully saturated rings. The van der Waals surface area contributed by atoms with Crippen LogP contribution in [-0.2, 0) is 9.47 Å². The number of ether oxygens (including phenoxy) is 3. The highest BCUT2D eigenvalue weighted by Gasteiger charge is 2.47. The van der Waals surface area contributed by atoms with E-state index in [1.807, 2.05) is 58.0 Å². The summed E-state index contributed by atoms with van der Waals surface area (Å²) in [6.45, 7) is 8.65. The molecule has 0 radical (unpaired) electrons. The molecule has 0 bridgehead atoms. The van der Waals surface area contributed by atoms with Crippen molar-refractivity contribution in [3.63, 3.8) is 0 Å². The second kappa shape index (κ2) is 7.61. The Morgan fingerprint density at radius 2 is 1.89 bits per heavy atom. The molecule has 5 nitrogen and oxygen atoms in total. The molecule has 1 aliphatic rings. The monoisotopic (exact) mass is 369 g/mol. The minimum absolute atomic E-state index is 0.384. The maximum absolute atomic E-state index is 12.7. The Hall–Kier alpha value is -2.53. The van der Waals surface area contributed by atoms with Gasteiger partial charge < -0.3 is 19.5 Å². The van der Waals surface area contributed by atoms with Crippen LogP contribution in [0.15, 0.2) is 42.5 Å². The first kappa shape index (κ1) is 19.2. The lowest BCUT2D eigenvalue weighted by Crippen LogP contribution is -2.51. The van der Waals surface area contributed by atoms with Crippen LogP contribution in [0.5, 0.6) is 5.75 Å². The number of anilines is 1. The number of nitrogens with one attached hydrogen (secondary N) is 1. The van der Waals surface area contributed by atoms with E-state index < -0.39 is 17.8 Å². The van der Waals surface area contributed by atoms with Gasteiger partial charge in [0, 0.05) is 24.9 Å². The fourth-order valence-corrected chi connectivity index (χ4v) is 3.37. The predicted molar refractivity (Wildman–Crippen MR) is 105 cm³/mol. The molecule has 2 aromatic rings. The van der Waals surface area contributed by atoms with Crippen LogP contribution in [0.2, 0.25) is 0 Å². The number of carbonyl (C=O) groups is 1. The summed E-state index contributed by atoms with van der Waals surface area (Å²) in [6.07, 6.45) is -1.00. The lowest BCUT2D eigenvalue weighted by Gasteiger charge is -2.43. The number of methoxy groups -OCH3 is 1. The number of hydrogen-bond donors (Lipinski definition) is 1. The van der Waals surface area contributed by atoms with Crippen molar-refractivity contribution in [1.82, 2.24) is 0 Å². The molecular weight excluding hydrogens is 342 g/mol. The number of carbonyl (C=O) groups excluding carboxylic acids is 1. The molecule has 2 aromatic carbocycles. The lowest BCUT2D eigenvalue weighted by molar-refractivity contribution is -0.129. The van der Waals surface area contributed by atoms with E-state index in [2.05, 4.69) is 5.32 Å². The third-order valence-corrected chi connectivity index (χ3v) is 4.81. The molecule has 0 aliphatic carbocycles. The van der Waals surface area contributed by atoms with Crippen molar-refractivity contribution < 1.29 is 19.0 Å². The van der Waals surface area contributed by atoms with Crippen molar-refractivity contribution in [2.75, 3.05) is 19.0 Å². The summed E-state index contributed by atoms with van der Waals surface area (Å²) in [7, 11) is 1.63. The number of benzene rings is 2. The number of esters is 1. The summed E-state index contributed by atoms with van der Waals surface area (Å²) >= 11 is 0. The topological polar surface area (TPSA) is 56.8 Å². The van der Waals surface area contributed by atoms with Crippen molar-refractivity contribution >= 4 is 11.7 Å². The first-order valence-corrected chi connectivity index (χ1v) is 9.23. The van der Waals surface area contributed by atoms with Crippen molar-refractivity contribution in [1.29, 1.82) is 0 Å². The van der Waals surface area contributed by atoms with E-state index in [0.29, 0.717) is 5.56 Å². The molecule has 144 valence electrons. The summed E-state index contributed by atoms with van der Waals surface area (Å²) in [4.78, 5) is 12.7. The highest BCUT2D eigenvalue weighted by Crippen LogP contribution is 2.44. The van der Waals surface area contributed by atoms with Gasteiger partial charge in [-0.05, 0) is 58.0 Å². The largest absolute Gasteiger partial charge is 0.483 e. The quantitative estimate of drug-likeness (QED) is 0.786. The molecule has 1 heterocycles. The maximum Gasteiger partial charge on any atom is 0.338 e. The Kier molecular flexibility index (Phi) is 5.42. The van der Waals surface area contributed by atoms with Gasteiger partial charge in [0.1, 0.15) is 17.5 Å². The molecule has 0 spiro atoms. The molecule has 2 unspecified atom stereocenters. The van der Waals surface area contributed by atoms with E-state index in [1.165, 1.54) is 0 Å². The van der Waals surface area contributed by atoms with Gasteiger partial charge >= 0.3 is 5.97 Å². The van der Waals surface area contributed by atoms with Gasteiger partial charge in [0.05, 0.1) is 5.56 Å². The Morgan fingerprint density at radius 3 is 2.52 bits per heavy atom. The highest BCUT2D eigenvalue weighted by atomic mass is 16.6. The summed E-state index contributed by atoms with van der Waals surface area (Å²) in [5.41, 5.74) is 2.72. The molecule has 1 N–H and O–H groups in total. The van der Waals surface area contributed by atoms with Crippen molar-refractivity contribution in [2.45, 2.75) is 45.5 Å². The van der Waals surface area contributed by atoms with E-state index in [-0.39, 0.29) is 5.97 Å². The van der Waals surface area contributed by atoms with E-state index >= 15 is 0 Å². The normalized spacial score (nSPS) is 20.3. The first-order valence-electron chi connectivity index (χ1n) is 9.23. The molecule has 0 saturated heterocycles. The van der Waals surface area contributed by atoms with Crippen LogP contribution in [0.1, 0.15) is 48.4 Å². The Labute approximate surface area is 160 Å². The van der Waals surface area contributed by atoms with Gasteiger partial charge in [-0.3, -0.25) is 0 Å². The summed E-state index contributed by atoms with van der Waals surface area (Å²) in [5.74, 6) is 0.362. The Morgan fingerprint density at radius 1 is 1.19 bits per heavy atom. The first-order chi connectivity index (χ1) is 12.9. The van der Waals surface area contributed by atoms with Gasteiger partial charge in [0.2, 0.25) is 0 Å². The molecule has 5 heteroatoms. The van der Waals surface area contributed by atoms with Gasteiger partial charge in [0.15, 0.2) is 6.10 Å². The zero-order valence-corrected chi connectivity index (χ0v) is 16.5. The zero-order valence-electron chi connectivity index (χ0n) is 16.5. The molecule has 1 aliphatic heterocycles. The maximum atomic E-state index is 12.7. The zero-order chi connectivity index (χ0) is 19.6. The van der Waals surface area contributed by atoms with E-state index in [1.54, 1.807) is 19.2 Å². The van der Waals surface area contributed by atoms with Gasteiger partial charge in [-0.1, -0.05) is 17.7 Å². The lowest BCUT2D eigenvalue weighted by atomic mass is 9.87. The second-order valence-electron chi connectivity index (χ2n) is 7.34. The minimum Gasteiger partial charge on any atom is -0.483 e. The van der Waals surface area contributed by atoms with Crippen LogP contribution in [0.25, 0.3) is 0 Å². The molecule has 0 amide bonds. The van der Waals surface area contributed by atoms with Crippen LogP contribution in [0.4, 0.5) is 5.69 Å². The Bertz CT molecular complexity index is 814. The Balaban J connectivity index is 1.92. The highest BCUT2D eigenvalue weighted by molar-refractivity contribution is 5.89. The van der Waals surface area contributed by atoms with E-state index in [4.69, 9.17) is 14.2 Å². The van der Waals surface area contributed by atoms with Crippen molar-refractivity contribution in [3.05, 3.63) is 59.2 Å². The van der Waals surface area contributed by atoms with Gasteiger partial charge in [0.25, 0.3) is 0 Å². The number of rotatable bonds is 5. The summed E-state index contributed by atoms with van der Waals surface area (Å²) in [5, 5.41) is 3.29. The number of fused-ring (bicyclic) bond motifs is 1. The SMILES string of the molecule is CCNc1ccc2c(c1)C(OC)C(OC(=O)c1ccc(C)cc1)C(C)(C)O2. The summed E-state index contributed by atoms with van der Waals surface area (Å²) in [6, 6.07) is 13.2. The summed E-state index contributed by atoms with van der Waals surface area (Å²) < 4.78 is 17.8. The van der Waals surface area contributed by atoms with Crippen molar-refractivity contribution in [3.8, 4) is 5.75 Å². The van der Waals surface area contributed by atoms with Crippen LogP contribution in [0, 0.1) is 6.92 Å². The smallest absolute Gasteiger partial charge is 0.338 e. The minimum atomic E-state index is -0.728. The average Bonchev–Trinajstić information content (AvgIpc) is 2.63. The van der Waals surface area contributed by atoms with Gasteiger partial charge in [-0.2, -0.15) is 0 Å². The van der Waals surface area contributed by atoms with Crippen LogP contribution in [-0.4, -0.2) is 31.3 Å². The molecule has 0 aromatic heterocycles. The second-order valence-corrected chi connectivity index (χ2v) is 7.34. The molecular formula is C22H27NO4. The number of hydrogen-bond acceptors (Lipinski definition) is 5. The van der Waals surface area contributed by atoms with E-state index in [9.17, 15) is 4.79 Å². The average molecular weight is 369 g/mol. The third kappa shape index (κ3) is 3.93. The molecule has 2 atom stereocenters. The standard InChI is InChI=1S/C22H27NO4/c1-6-23-16-11-12-18-17(13-16)19(25-5)20(22(3,4)27-18)26-21(24)15-9-7-14(2)8-10-15/h7-13,19-20,23H,6H2,1-5H3. The molecule has 3 rings (SSSR count).